The average molecular weight is 507 g/mol. The van der Waals surface area contributed by atoms with Crippen molar-refractivity contribution in [1.29, 1.82) is 0 Å². The van der Waals surface area contributed by atoms with E-state index in [0.29, 0.717) is 5.92 Å². The summed E-state index contributed by atoms with van der Waals surface area (Å²) in [5.74, 6) is 0.417. The van der Waals surface area contributed by atoms with E-state index >= 15 is 0 Å². The Bertz CT molecular complexity index is 1590. The van der Waals surface area contributed by atoms with Gasteiger partial charge in [0.05, 0.1) is 0 Å². The number of benzene rings is 4. The number of allylic oxidation sites excluding steroid dienone is 6. The van der Waals surface area contributed by atoms with Crippen molar-refractivity contribution in [2.45, 2.75) is 25.8 Å². The summed E-state index contributed by atoms with van der Waals surface area (Å²) in [6.07, 6.45) is 11.4. The third-order valence-corrected chi connectivity index (χ3v) is 7.77. The summed E-state index contributed by atoms with van der Waals surface area (Å²) in [4.78, 5) is 0. The Morgan fingerprint density at radius 3 is 2.05 bits per heavy atom. The molecule has 2 nitrogen and oxygen atoms in total. The first kappa shape index (κ1) is 24.8. The van der Waals surface area contributed by atoms with Gasteiger partial charge in [0.15, 0.2) is 0 Å². The molecule has 0 saturated carbocycles. The van der Waals surface area contributed by atoms with Gasteiger partial charge in [-0.3, -0.25) is 0 Å². The van der Waals surface area contributed by atoms with Crippen molar-refractivity contribution in [3.8, 4) is 0 Å². The van der Waals surface area contributed by atoms with Crippen LogP contribution in [0.3, 0.4) is 0 Å². The van der Waals surface area contributed by atoms with Crippen molar-refractivity contribution in [1.82, 2.24) is 0 Å². The van der Waals surface area contributed by atoms with Gasteiger partial charge in [0.2, 0.25) is 0 Å². The van der Waals surface area contributed by atoms with Crippen LogP contribution in [0.1, 0.15) is 42.0 Å². The van der Waals surface area contributed by atoms with Crippen LogP contribution in [0.5, 0.6) is 0 Å². The zero-order chi connectivity index (χ0) is 26.6. The van der Waals surface area contributed by atoms with E-state index in [9.17, 15) is 0 Å². The zero-order valence-corrected chi connectivity index (χ0v) is 22.3. The number of hydrogen-bond acceptors (Lipinski definition) is 2. The largest absolute Gasteiger partial charge is 0.398 e. The van der Waals surface area contributed by atoms with Gasteiger partial charge in [-0.05, 0) is 75.9 Å². The van der Waals surface area contributed by atoms with Gasteiger partial charge in [-0.25, -0.2) is 0 Å². The van der Waals surface area contributed by atoms with Crippen molar-refractivity contribution in [2.75, 3.05) is 11.1 Å². The fourth-order valence-electron chi connectivity index (χ4n) is 5.75. The molecule has 2 aliphatic carbocycles. The molecule has 0 saturated heterocycles. The molecule has 3 N–H and O–H groups in total. The van der Waals surface area contributed by atoms with Gasteiger partial charge in [0.1, 0.15) is 0 Å². The summed E-state index contributed by atoms with van der Waals surface area (Å²) in [5.41, 5.74) is 18.4. The molecule has 0 bridgehead atoms. The Morgan fingerprint density at radius 1 is 0.667 bits per heavy atom. The second-order valence-corrected chi connectivity index (χ2v) is 10.5. The molecule has 0 radical (unpaired) electrons. The highest BCUT2D eigenvalue weighted by Gasteiger charge is 2.23. The second-order valence-electron chi connectivity index (χ2n) is 10.5. The maximum atomic E-state index is 6.37. The zero-order valence-electron chi connectivity index (χ0n) is 22.3. The van der Waals surface area contributed by atoms with Crippen LogP contribution in [0, 0.1) is 5.92 Å². The highest BCUT2D eigenvalue weighted by molar-refractivity contribution is 5.95. The summed E-state index contributed by atoms with van der Waals surface area (Å²) in [5, 5.41) is 3.77. The van der Waals surface area contributed by atoms with Gasteiger partial charge in [-0.2, -0.15) is 0 Å². The predicted octanol–water partition coefficient (Wildman–Crippen LogP) is 9.13. The van der Waals surface area contributed by atoms with E-state index in [-0.39, 0.29) is 6.04 Å². The van der Waals surface area contributed by atoms with E-state index in [4.69, 9.17) is 5.73 Å². The smallest absolute Gasteiger partial charge is 0.0493 e. The molecule has 0 fully saturated rings. The number of nitrogens with two attached hydrogens (primary N) is 1. The maximum absolute atomic E-state index is 6.37. The van der Waals surface area contributed by atoms with Gasteiger partial charge in [-0.1, -0.05) is 122 Å². The second kappa shape index (κ2) is 11.0. The minimum atomic E-state index is 0.188. The Labute approximate surface area is 231 Å². The van der Waals surface area contributed by atoms with Gasteiger partial charge in [-0.15, -0.1) is 0 Å². The first-order valence-corrected chi connectivity index (χ1v) is 13.8. The molecule has 6 rings (SSSR count). The lowest BCUT2D eigenvalue weighted by atomic mass is 9.79. The van der Waals surface area contributed by atoms with Gasteiger partial charge >= 0.3 is 0 Å². The molecule has 0 aromatic heterocycles. The van der Waals surface area contributed by atoms with Crippen LogP contribution in [0.4, 0.5) is 11.4 Å². The number of hydrogen-bond donors (Lipinski definition) is 2. The number of anilines is 2. The van der Waals surface area contributed by atoms with Gasteiger partial charge in [0, 0.05) is 23.0 Å². The van der Waals surface area contributed by atoms with Crippen LogP contribution in [-0.4, -0.2) is 6.04 Å². The quantitative estimate of drug-likeness (QED) is 0.256. The van der Waals surface area contributed by atoms with E-state index in [1.54, 1.807) is 0 Å². The van der Waals surface area contributed by atoms with Crippen molar-refractivity contribution < 1.29 is 0 Å². The lowest BCUT2D eigenvalue weighted by Crippen LogP contribution is -2.20. The highest BCUT2D eigenvalue weighted by atomic mass is 14.9. The standard InChI is InChI=1S/C37H34N2/c1-26-20-21-28(34-17-10-11-19-37(34)38)25-36(26)35-18-9-8-16-33(35)30-22-29(27-12-4-2-5-13-27)23-32(24-30)39-31-14-6-3-7-15-31/h2-19,21-22,24-26,32,39H,20,23,38H2,1H3. The molecule has 2 atom stereocenters. The van der Waals surface area contributed by atoms with E-state index < -0.39 is 0 Å². The predicted molar refractivity (Wildman–Crippen MR) is 168 cm³/mol. The van der Waals surface area contributed by atoms with Crippen molar-refractivity contribution in [3.05, 3.63) is 156 Å². The molecule has 0 spiro atoms. The molecule has 192 valence electrons. The molecular formula is C37H34N2. The first-order chi connectivity index (χ1) is 19.2. The monoisotopic (exact) mass is 506 g/mol. The highest BCUT2D eigenvalue weighted by Crippen LogP contribution is 2.41. The lowest BCUT2D eigenvalue weighted by Gasteiger charge is -2.27. The molecule has 0 amide bonds. The minimum Gasteiger partial charge on any atom is -0.398 e. The lowest BCUT2D eigenvalue weighted by molar-refractivity contribution is 0.760. The summed E-state index contributed by atoms with van der Waals surface area (Å²) in [6, 6.07) is 38.5. The maximum Gasteiger partial charge on any atom is 0.0493 e. The fraction of sp³-hybridized carbons (Fsp3) is 0.135. The Hall–Kier alpha value is -4.56. The van der Waals surface area contributed by atoms with Crippen LogP contribution >= 0.6 is 0 Å². The summed E-state index contributed by atoms with van der Waals surface area (Å²) in [6.45, 7) is 2.32. The summed E-state index contributed by atoms with van der Waals surface area (Å²) in [7, 11) is 0. The van der Waals surface area contributed by atoms with Crippen LogP contribution in [0.15, 0.2) is 133 Å². The Kier molecular flexibility index (Phi) is 7.01. The van der Waals surface area contributed by atoms with E-state index in [0.717, 1.165) is 29.8 Å². The first-order valence-electron chi connectivity index (χ1n) is 13.8. The van der Waals surface area contributed by atoms with Crippen LogP contribution in [0.25, 0.3) is 22.3 Å². The summed E-state index contributed by atoms with van der Waals surface area (Å²) < 4.78 is 0. The molecule has 0 heterocycles. The van der Waals surface area contributed by atoms with Crippen molar-refractivity contribution in [3.63, 3.8) is 0 Å². The number of rotatable bonds is 6. The molecule has 39 heavy (non-hydrogen) atoms. The number of nitrogen functional groups attached to an aromatic ring is 1. The summed E-state index contributed by atoms with van der Waals surface area (Å²) >= 11 is 0. The molecule has 2 aliphatic rings. The van der Waals surface area contributed by atoms with E-state index in [2.05, 4.69) is 134 Å². The topological polar surface area (TPSA) is 38.0 Å². The number of para-hydroxylation sites is 2. The Balaban J connectivity index is 1.43. The van der Waals surface area contributed by atoms with E-state index in [1.807, 2.05) is 12.1 Å². The third kappa shape index (κ3) is 5.37. The minimum absolute atomic E-state index is 0.188. The van der Waals surface area contributed by atoms with Gasteiger partial charge in [0.25, 0.3) is 0 Å². The Morgan fingerprint density at radius 2 is 1.31 bits per heavy atom. The molecule has 4 aromatic carbocycles. The average Bonchev–Trinajstić information content (AvgIpc) is 2.99. The van der Waals surface area contributed by atoms with Crippen molar-refractivity contribution >= 4 is 33.7 Å². The SMILES string of the molecule is CC1CC=C(c2ccccc2N)C=C1c1ccccc1C1=CC(Nc2ccccc2)CC(c2ccccc2)=C1. The number of nitrogens with one attached hydrogen (secondary N) is 1. The van der Waals surface area contributed by atoms with Crippen LogP contribution in [-0.2, 0) is 0 Å². The van der Waals surface area contributed by atoms with E-state index in [1.165, 1.54) is 39.0 Å². The molecule has 0 aliphatic heterocycles. The molecule has 2 heteroatoms. The normalized spacial score (nSPS) is 18.9. The molecular weight excluding hydrogens is 472 g/mol. The van der Waals surface area contributed by atoms with Crippen LogP contribution in [0.2, 0.25) is 0 Å². The van der Waals surface area contributed by atoms with Crippen molar-refractivity contribution in [2.24, 2.45) is 5.92 Å². The molecule has 4 aromatic rings. The molecule has 2 unspecified atom stereocenters. The van der Waals surface area contributed by atoms with Gasteiger partial charge < -0.3 is 11.1 Å². The van der Waals surface area contributed by atoms with Crippen LogP contribution < -0.4 is 11.1 Å². The third-order valence-electron chi connectivity index (χ3n) is 7.77. The fourth-order valence-corrected chi connectivity index (χ4v) is 5.75.